The lowest BCUT2D eigenvalue weighted by atomic mass is 10.1. The van der Waals surface area contributed by atoms with Crippen LogP contribution in [0.4, 0.5) is 5.69 Å². The maximum Gasteiger partial charge on any atom is 0.255 e. The molecule has 0 unspecified atom stereocenters. The van der Waals surface area contributed by atoms with Gasteiger partial charge in [0.2, 0.25) is 0 Å². The number of benzene rings is 3. The summed E-state index contributed by atoms with van der Waals surface area (Å²) < 4.78 is 0. The van der Waals surface area contributed by atoms with E-state index in [1.165, 1.54) is 0 Å². The van der Waals surface area contributed by atoms with Gasteiger partial charge in [-0.15, -0.1) is 0 Å². The molecule has 0 saturated carbocycles. The monoisotopic (exact) mass is 389 g/mol. The summed E-state index contributed by atoms with van der Waals surface area (Å²) in [6.07, 6.45) is 0. The fraction of sp³-hybridized carbons (Fsp3) is 0.0909. The van der Waals surface area contributed by atoms with Crippen molar-refractivity contribution in [2.24, 2.45) is 0 Å². The number of imidazole rings is 1. The Morgan fingerprint density at radius 3 is 2.71 bits per heavy atom. The van der Waals surface area contributed by atoms with Gasteiger partial charge < -0.3 is 15.4 Å². The topological polar surface area (TPSA) is 78.0 Å². The number of thioether (sulfide) groups is 1. The van der Waals surface area contributed by atoms with Crippen LogP contribution >= 0.6 is 11.8 Å². The predicted molar refractivity (Wildman–Crippen MR) is 112 cm³/mol. The molecule has 0 spiro atoms. The second kappa shape index (κ2) is 8.29. The van der Waals surface area contributed by atoms with Crippen molar-refractivity contribution in [1.82, 2.24) is 9.97 Å². The van der Waals surface area contributed by atoms with E-state index >= 15 is 0 Å². The number of amides is 1. The van der Waals surface area contributed by atoms with Crippen LogP contribution in [0.3, 0.4) is 0 Å². The maximum absolute atomic E-state index is 12.8. The molecule has 1 heterocycles. The fourth-order valence-electron chi connectivity index (χ4n) is 2.96. The number of para-hydroxylation sites is 2. The van der Waals surface area contributed by atoms with Crippen LogP contribution in [0.5, 0.6) is 0 Å². The molecule has 0 radical (unpaired) electrons. The Bertz CT molecular complexity index is 1090. The highest BCUT2D eigenvalue weighted by atomic mass is 32.2. The molecule has 0 aliphatic heterocycles. The van der Waals surface area contributed by atoms with Gasteiger partial charge in [-0.2, -0.15) is 0 Å². The quantitative estimate of drug-likeness (QED) is 0.421. The number of H-pyrrole nitrogens is 1. The van der Waals surface area contributed by atoms with Gasteiger partial charge in [-0.05, 0) is 41.5 Å². The Morgan fingerprint density at radius 1 is 1.04 bits per heavy atom. The van der Waals surface area contributed by atoms with Crippen LogP contribution in [0.25, 0.3) is 11.0 Å². The minimum absolute atomic E-state index is 0.0611. The third-order valence-electron chi connectivity index (χ3n) is 4.36. The largest absolute Gasteiger partial charge is 0.392 e. The molecule has 3 aromatic carbocycles. The highest BCUT2D eigenvalue weighted by Gasteiger charge is 2.13. The van der Waals surface area contributed by atoms with Gasteiger partial charge in [0.25, 0.3) is 5.91 Å². The molecule has 1 amide bonds. The number of rotatable bonds is 6. The Balaban J connectivity index is 1.50. The Hall–Kier alpha value is -3.09. The molecular formula is C22H19N3O2S. The Labute approximate surface area is 166 Å². The van der Waals surface area contributed by atoms with Crippen LogP contribution in [-0.2, 0) is 12.4 Å². The lowest BCUT2D eigenvalue weighted by Crippen LogP contribution is -2.14. The van der Waals surface area contributed by atoms with Gasteiger partial charge in [0.05, 0.1) is 17.6 Å². The van der Waals surface area contributed by atoms with Crippen molar-refractivity contribution in [1.29, 1.82) is 0 Å². The van der Waals surface area contributed by atoms with E-state index in [9.17, 15) is 9.90 Å². The molecule has 0 bridgehead atoms. The van der Waals surface area contributed by atoms with Crippen molar-refractivity contribution in [3.8, 4) is 0 Å². The van der Waals surface area contributed by atoms with Crippen molar-refractivity contribution >= 4 is 34.4 Å². The molecule has 28 heavy (non-hydrogen) atoms. The molecule has 0 fully saturated rings. The molecule has 3 N–H and O–H groups in total. The first-order valence-corrected chi connectivity index (χ1v) is 9.88. The number of hydrogen-bond donors (Lipinski definition) is 3. The maximum atomic E-state index is 12.8. The summed E-state index contributed by atoms with van der Waals surface area (Å²) in [5.41, 5.74) is 4.91. The van der Waals surface area contributed by atoms with Crippen LogP contribution in [0, 0.1) is 0 Å². The van der Waals surface area contributed by atoms with Gasteiger partial charge in [-0.25, -0.2) is 4.98 Å². The number of aliphatic hydroxyl groups excluding tert-OH is 1. The molecule has 1 aromatic heterocycles. The summed E-state index contributed by atoms with van der Waals surface area (Å²) in [5, 5.41) is 13.0. The summed E-state index contributed by atoms with van der Waals surface area (Å²) in [5.74, 6) is 0.455. The van der Waals surface area contributed by atoms with Crippen LogP contribution in [0.1, 0.15) is 21.5 Å². The Morgan fingerprint density at radius 2 is 1.86 bits per heavy atom. The molecule has 4 aromatic rings. The number of nitrogens with one attached hydrogen (secondary N) is 2. The van der Waals surface area contributed by atoms with Crippen molar-refractivity contribution < 1.29 is 9.90 Å². The molecule has 6 heteroatoms. The highest BCUT2D eigenvalue weighted by Crippen LogP contribution is 2.25. The van der Waals surface area contributed by atoms with Crippen molar-refractivity contribution in [3.05, 3.63) is 89.5 Å². The molecule has 0 aliphatic carbocycles. The van der Waals surface area contributed by atoms with Crippen molar-refractivity contribution in [2.45, 2.75) is 17.5 Å². The van der Waals surface area contributed by atoms with Crippen LogP contribution in [-0.4, -0.2) is 21.0 Å². The van der Waals surface area contributed by atoms with E-state index in [0.29, 0.717) is 17.0 Å². The van der Waals surface area contributed by atoms with Crippen LogP contribution < -0.4 is 5.32 Å². The average molecular weight is 389 g/mol. The molecule has 0 atom stereocenters. The summed E-state index contributed by atoms with van der Waals surface area (Å²) in [6.45, 7) is -0.0611. The summed E-state index contributed by atoms with van der Waals surface area (Å²) in [4.78, 5) is 20.6. The van der Waals surface area contributed by atoms with Crippen molar-refractivity contribution in [2.75, 3.05) is 5.32 Å². The number of carbonyl (C=O) groups is 1. The summed E-state index contributed by atoms with van der Waals surface area (Å²) in [6, 6.07) is 22.7. The first kappa shape index (κ1) is 18.3. The number of aromatic amines is 1. The van der Waals surface area contributed by atoms with E-state index in [0.717, 1.165) is 27.3 Å². The van der Waals surface area contributed by atoms with Gasteiger partial charge in [-0.3, -0.25) is 4.79 Å². The molecular weight excluding hydrogens is 370 g/mol. The first-order chi connectivity index (χ1) is 13.7. The van der Waals surface area contributed by atoms with Crippen molar-refractivity contribution in [3.63, 3.8) is 0 Å². The zero-order valence-corrected chi connectivity index (χ0v) is 15.9. The lowest BCUT2D eigenvalue weighted by Gasteiger charge is -2.10. The predicted octanol–water partition coefficient (Wildman–Crippen LogP) is 4.60. The second-order valence-electron chi connectivity index (χ2n) is 6.32. The fourth-order valence-corrected chi connectivity index (χ4v) is 3.85. The van der Waals surface area contributed by atoms with Gasteiger partial charge >= 0.3 is 0 Å². The number of nitrogens with zero attached hydrogens (tertiary/aromatic N) is 1. The van der Waals surface area contributed by atoms with Gasteiger partial charge in [0.15, 0.2) is 5.16 Å². The normalized spacial score (nSPS) is 10.9. The third kappa shape index (κ3) is 4.08. The minimum Gasteiger partial charge on any atom is -0.392 e. The van der Waals surface area contributed by atoms with E-state index in [2.05, 4.69) is 15.3 Å². The molecule has 0 aliphatic rings. The molecule has 4 rings (SSSR count). The highest BCUT2D eigenvalue weighted by molar-refractivity contribution is 7.98. The number of carbonyl (C=O) groups excluding carboxylic acids is 1. The van der Waals surface area contributed by atoms with Gasteiger partial charge in [-0.1, -0.05) is 54.2 Å². The lowest BCUT2D eigenvalue weighted by molar-refractivity contribution is 0.102. The number of aromatic nitrogens is 2. The van der Waals surface area contributed by atoms with Gasteiger partial charge in [0.1, 0.15) is 0 Å². The zero-order valence-electron chi connectivity index (χ0n) is 15.1. The smallest absolute Gasteiger partial charge is 0.255 e. The van der Waals surface area contributed by atoms with Gasteiger partial charge in [0, 0.05) is 17.0 Å². The first-order valence-electron chi connectivity index (χ1n) is 8.89. The third-order valence-corrected chi connectivity index (χ3v) is 5.28. The number of aliphatic hydroxyl groups is 1. The molecule has 140 valence electrons. The SMILES string of the molecule is O=C(Nc1cccc(CO)c1)c1ccccc1CSc1nc2ccccc2[nH]1. The van der Waals surface area contributed by atoms with E-state index in [4.69, 9.17) is 0 Å². The zero-order chi connectivity index (χ0) is 19.3. The molecule has 0 saturated heterocycles. The number of fused-ring (bicyclic) bond motifs is 1. The van der Waals surface area contributed by atoms with E-state index in [-0.39, 0.29) is 12.5 Å². The minimum atomic E-state index is -0.170. The van der Waals surface area contributed by atoms with E-state index in [1.807, 2.05) is 66.7 Å². The summed E-state index contributed by atoms with van der Waals surface area (Å²) in [7, 11) is 0. The number of anilines is 1. The van der Waals surface area contributed by atoms with Crippen LogP contribution in [0.2, 0.25) is 0 Å². The number of hydrogen-bond acceptors (Lipinski definition) is 4. The molecule has 5 nitrogen and oxygen atoms in total. The average Bonchev–Trinajstić information content (AvgIpc) is 3.15. The second-order valence-corrected chi connectivity index (χ2v) is 7.28. The van der Waals surface area contributed by atoms with E-state index in [1.54, 1.807) is 17.8 Å². The Kier molecular flexibility index (Phi) is 5.41. The van der Waals surface area contributed by atoms with E-state index < -0.39 is 0 Å². The summed E-state index contributed by atoms with van der Waals surface area (Å²) >= 11 is 1.56. The standard InChI is InChI=1S/C22H19N3O2S/c26-13-15-6-5-8-17(12-15)23-21(27)18-9-2-1-7-16(18)14-28-22-24-19-10-3-4-11-20(19)25-22/h1-12,26H,13-14H2,(H,23,27)(H,24,25). The van der Waals surface area contributed by atoms with Crippen LogP contribution in [0.15, 0.2) is 78.0 Å².